The van der Waals surface area contributed by atoms with E-state index in [1.807, 2.05) is 31.3 Å². The Morgan fingerprint density at radius 3 is 2.38 bits per heavy atom. The van der Waals surface area contributed by atoms with Crippen molar-refractivity contribution in [2.75, 3.05) is 21.3 Å². The molecule has 0 spiro atoms. The maximum atomic E-state index is 5.43. The summed E-state index contributed by atoms with van der Waals surface area (Å²) in [7, 11) is 5.35. The molecule has 0 aliphatic rings. The molecule has 1 atom stereocenters. The first-order valence-corrected chi connectivity index (χ1v) is 7.61. The molecule has 0 heterocycles. The Morgan fingerprint density at radius 2 is 1.76 bits per heavy atom. The summed E-state index contributed by atoms with van der Waals surface area (Å²) in [5, 5.41) is 3.37. The van der Waals surface area contributed by atoms with Crippen LogP contribution in [0.25, 0.3) is 0 Å². The first-order valence-electron chi connectivity index (χ1n) is 6.82. The van der Waals surface area contributed by atoms with Crippen LogP contribution in [0.5, 0.6) is 11.5 Å². The van der Waals surface area contributed by atoms with E-state index in [4.69, 9.17) is 9.47 Å². The van der Waals surface area contributed by atoms with E-state index in [0.29, 0.717) is 0 Å². The lowest BCUT2D eigenvalue weighted by Gasteiger charge is -2.19. The van der Waals surface area contributed by atoms with Crippen LogP contribution in [0.3, 0.4) is 0 Å². The Labute approximate surface area is 134 Å². The third-order valence-electron chi connectivity index (χ3n) is 3.54. The zero-order valence-corrected chi connectivity index (χ0v) is 14.1. The monoisotopic (exact) mass is 349 g/mol. The number of nitrogens with one attached hydrogen (secondary N) is 1. The zero-order valence-electron chi connectivity index (χ0n) is 12.5. The second kappa shape index (κ2) is 7.48. The Hall–Kier alpha value is -1.52. The molecular formula is C17H20BrNO2. The van der Waals surface area contributed by atoms with Gasteiger partial charge in [0.05, 0.1) is 18.7 Å². The Balaban J connectivity index is 2.25. The van der Waals surface area contributed by atoms with Crippen molar-refractivity contribution in [3.05, 3.63) is 58.1 Å². The van der Waals surface area contributed by atoms with E-state index in [1.165, 1.54) is 11.1 Å². The highest BCUT2D eigenvalue weighted by Crippen LogP contribution is 2.30. The third kappa shape index (κ3) is 3.77. The quantitative estimate of drug-likeness (QED) is 0.855. The fraction of sp³-hybridized carbons (Fsp3) is 0.294. The van der Waals surface area contributed by atoms with E-state index in [-0.39, 0.29) is 6.04 Å². The normalized spacial score (nSPS) is 12.0. The molecule has 0 aliphatic heterocycles. The molecule has 0 amide bonds. The predicted molar refractivity (Wildman–Crippen MR) is 89.2 cm³/mol. The standard InChI is InChI=1S/C17H20BrNO2/c1-19-15(11-13-6-4-5-7-16(13)20-2)12-8-9-17(21-3)14(18)10-12/h4-10,15,19H,11H2,1-3H3. The molecule has 21 heavy (non-hydrogen) atoms. The number of para-hydroxylation sites is 1. The van der Waals surface area contributed by atoms with E-state index in [9.17, 15) is 0 Å². The van der Waals surface area contributed by atoms with E-state index >= 15 is 0 Å². The summed E-state index contributed by atoms with van der Waals surface area (Å²) in [6.07, 6.45) is 0.860. The fourth-order valence-electron chi connectivity index (χ4n) is 2.38. The van der Waals surface area contributed by atoms with Crippen molar-refractivity contribution in [1.29, 1.82) is 0 Å². The average molecular weight is 350 g/mol. The Morgan fingerprint density at radius 1 is 1.05 bits per heavy atom. The molecule has 1 unspecified atom stereocenters. The summed E-state index contributed by atoms with van der Waals surface area (Å²) in [6.45, 7) is 0. The van der Waals surface area contributed by atoms with Crippen LogP contribution in [0.4, 0.5) is 0 Å². The first kappa shape index (κ1) is 15.9. The summed E-state index contributed by atoms with van der Waals surface area (Å²) in [5.41, 5.74) is 2.39. The van der Waals surface area contributed by atoms with Gasteiger partial charge in [-0.1, -0.05) is 24.3 Å². The highest BCUT2D eigenvalue weighted by atomic mass is 79.9. The highest BCUT2D eigenvalue weighted by Gasteiger charge is 2.14. The van der Waals surface area contributed by atoms with E-state index < -0.39 is 0 Å². The van der Waals surface area contributed by atoms with Gasteiger partial charge < -0.3 is 14.8 Å². The molecule has 0 fully saturated rings. The largest absolute Gasteiger partial charge is 0.496 e. The van der Waals surface area contributed by atoms with Gasteiger partial charge in [0.15, 0.2) is 0 Å². The highest BCUT2D eigenvalue weighted by molar-refractivity contribution is 9.10. The van der Waals surface area contributed by atoms with Crippen molar-refractivity contribution >= 4 is 15.9 Å². The predicted octanol–water partition coefficient (Wildman–Crippen LogP) is 3.97. The van der Waals surface area contributed by atoms with Crippen LogP contribution in [0, 0.1) is 0 Å². The van der Waals surface area contributed by atoms with E-state index in [2.05, 4.69) is 39.4 Å². The van der Waals surface area contributed by atoms with Crippen LogP contribution in [-0.2, 0) is 6.42 Å². The molecule has 0 radical (unpaired) electrons. The molecule has 2 aromatic carbocycles. The van der Waals surface area contributed by atoms with Crippen LogP contribution in [0.1, 0.15) is 17.2 Å². The number of rotatable bonds is 6. The van der Waals surface area contributed by atoms with Crippen LogP contribution in [-0.4, -0.2) is 21.3 Å². The summed E-state index contributed by atoms with van der Waals surface area (Å²) in [4.78, 5) is 0. The van der Waals surface area contributed by atoms with E-state index in [1.54, 1.807) is 14.2 Å². The van der Waals surface area contributed by atoms with Gasteiger partial charge in [-0.2, -0.15) is 0 Å². The number of hydrogen-bond acceptors (Lipinski definition) is 3. The van der Waals surface area contributed by atoms with Gasteiger partial charge in [-0.25, -0.2) is 0 Å². The lowest BCUT2D eigenvalue weighted by molar-refractivity contribution is 0.406. The summed E-state index contributed by atoms with van der Waals surface area (Å²) < 4.78 is 11.7. The molecule has 1 N–H and O–H groups in total. The fourth-order valence-corrected chi connectivity index (χ4v) is 2.94. The maximum absolute atomic E-state index is 5.43. The van der Waals surface area contributed by atoms with Gasteiger partial charge in [0.2, 0.25) is 0 Å². The topological polar surface area (TPSA) is 30.5 Å². The number of halogens is 1. The number of ether oxygens (including phenoxy) is 2. The minimum atomic E-state index is 0.212. The van der Waals surface area contributed by atoms with Crippen molar-refractivity contribution in [1.82, 2.24) is 5.32 Å². The zero-order chi connectivity index (χ0) is 15.2. The molecule has 0 aliphatic carbocycles. The van der Waals surface area contributed by atoms with E-state index in [0.717, 1.165) is 22.4 Å². The van der Waals surface area contributed by atoms with Gasteiger partial charge in [0, 0.05) is 6.04 Å². The molecule has 0 saturated heterocycles. The molecule has 0 bridgehead atoms. The first-order chi connectivity index (χ1) is 10.2. The number of benzene rings is 2. The SMILES string of the molecule is CNC(Cc1ccccc1OC)c1ccc(OC)c(Br)c1. The van der Waals surface area contributed by atoms with Crippen LogP contribution < -0.4 is 14.8 Å². The lowest BCUT2D eigenvalue weighted by atomic mass is 9.98. The lowest BCUT2D eigenvalue weighted by Crippen LogP contribution is -2.19. The number of methoxy groups -OCH3 is 2. The molecule has 112 valence electrons. The van der Waals surface area contributed by atoms with Crippen molar-refractivity contribution in [2.45, 2.75) is 12.5 Å². The van der Waals surface area contributed by atoms with Gasteiger partial charge in [0.1, 0.15) is 11.5 Å². The molecular weight excluding hydrogens is 330 g/mol. The van der Waals surface area contributed by atoms with Gasteiger partial charge in [-0.05, 0) is 58.7 Å². The summed E-state index contributed by atoms with van der Waals surface area (Å²) in [5.74, 6) is 1.76. The van der Waals surface area contributed by atoms with Crippen molar-refractivity contribution in [3.8, 4) is 11.5 Å². The smallest absolute Gasteiger partial charge is 0.133 e. The second-order valence-electron chi connectivity index (χ2n) is 4.75. The van der Waals surface area contributed by atoms with Gasteiger partial charge in [-0.15, -0.1) is 0 Å². The van der Waals surface area contributed by atoms with Crippen molar-refractivity contribution in [2.24, 2.45) is 0 Å². The van der Waals surface area contributed by atoms with Crippen LogP contribution >= 0.6 is 15.9 Å². The van der Waals surface area contributed by atoms with Gasteiger partial charge in [-0.3, -0.25) is 0 Å². The van der Waals surface area contributed by atoms with Crippen LogP contribution in [0.15, 0.2) is 46.9 Å². The number of hydrogen-bond donors (Lipinski definition) is 1. The number of likely N-dealkylation sites (N-methyl/N-ethyl adjacent to an activating group) is 1. The van der Waals surface area contributed by atoms with Crippen molar-refractivity contribution < 1.29 is 9.47 Å². The Kier molecular flexibility index (Phi) is 5.65. The molecule has 2 rings (SSSR count). The maximum Gasteiger partial charge on any atom is 0.133 e. The summed E-state index contributed by atoms with van der Waals surface area (Å²) in [6, 6.07) is 14.5. The molecule has 0 saturated carbocycles. The van der Waals surface area contributed by atoms with Crippen molar-refractivity contribution in [3.63, 3.8) is 0 Å². The molecule has 0 aromatic heterocycles. The third-order valence-corrected chi connectivity index (χ3v) is 4.16. The molecule has 4 heteroatoms. The molecule has 3 nitrogen and oxygen atoms in total. The minimum Gasteiger partial charge on any atom is -0.496 e. The Bertz CT molecular complexity index is 601. The van der Waals surface area contributed by atoms with Gasteiger partial charge in [0.25, 0.3) is 0 Å². The van der Waals surface area contributed by atoms with Crippen LogP contribution in [0.2, 0.25) is 0 Å². The average Bonchev–Trinajstić information content (AvgIpc) is 2.52. The summed E-state index contributed by atoms with van der Waals surface area (Å²) >= 11 is 3.54. The minimum absolute atomic E-state index is 0.212. The van der Waals surface area contributed by atoms with Gasteiger partial charge >= 0.3 is 0 Å². The second-order valence-corrected chi connectivity index (χ2v) is 5.61. The molecule has 2 aromatic rings.